The van der Waals surface area contributed by atoms with E-state index in [0.717, 1.165) is 31.7 Å². The normalized spacial score (nSPS) is 17.2. The molecule has 3 heteroatoms. The number of carbonyl (C=O) groups excluding carboxylic acids is 1. The predicted octanol–water partition coefficient (Wildman–Crippen LogP) is 1.31. The molecule has 1 aromatic rings. The fraction of sp³-hybridized carbons (Fsp3) is 0.500. The molecule has 0 atom stereocenters. The molecule has 1 saturated heterocycles. The quantitative estimate of drug-likeness (QED) is 0.767. The van der Waals surface area contributed by atoms with Gasteiger partial charge in [-0.2, -0.15) is 0 Å². The largest absolute Gasteiger partial charge is 0.340 e. The fourth-order valence-corrected chi connectivity index (χ4v) is 2.16. The van der Waals surface area contributed by atoms with Crippen molar-refractivity contribution in [1.29, 1.82) is 0 Å². The Kier molecular flexibility index (Phi) is 3.79. The minimum atomic E-state index is 0.253. The minimum absolute atomic E-state index is 0.253. The first-order valence-electron chi connectivity index (χ1n) is 6.17. The van der Waals surface area contributed by atoms with Gasteiger partial charge in [-0.05, 0) is 19.5 Å². The number of hydrogen-bond donors (Lipinski definition) is 0. The van der Waals surface area contributed by atoms with Crippen LogP contribution in [0.1, 0.15) is 11.1 Å². The second-order valence-corrected chi connectivity index (χ2v) is 4.85. The highest BCUT2D eigenvalue weighted by Crippen LogP contribution is 2.08. The third-order valence-corrected chi connectivity index (χ3v) is 3.29. The summed E-state index contributed by atoms with van der Waals surface area (Å²) in [5.74, 6) is 0.253. The van der Waals surface area contributed by atoms with Crippen LogP contribution < -0.4 is 0 Å². The number of aryl methyl sites for hydroxylation is 1. The molecule has 1 aliphatic rings. The van der Waals surface area contributed by atoms with Crippen LogP contribution in [-0.2, 0) is 11.2 Å². The molecule has 17 heavy (non-hydrogen) atoms. The molecule has 0 aliphatic carbocycles. The lowest BCUT2D eigenvalue weighted by molar-refractivity contribution is -0.132. The van der Waals surface area contributed by atoms with Gasteiger partial charge in [-0.3, -0.25) is 4.79 Å². The van der Waals surface area contributed by atoms with Gasteiger partial charge in [-0.15, -0.1) is 0 Å². The van der Waals surface area contributed by atoms with E-state index >= 15 is 0 Å². The van der Waals surface area contributed by atoms with Crippen LogP contribution in [0.2, 0.25) is 0 Å². The van der Waals surface area contributed by atoms with Gasteiger partial charge < -0.3 is 9.80 Å². The summed E-state index contributed by atoms with van der Waals surface area (Å²) in [6, 6.07) is 8.20. The Balaban J connectivity index is 1.93. The van der Waals surface area contributed by atoms with Crippen LogP contribution in [0.15, 0.2) is 24.3 Å². The molecule has 2 rings (SSSR count). The number of rotatable bonds is 2. The maximum atomic E-state index is 12.1. The lowest BCUT2D eigenvalue weighted by Gasteiger charge is -2.32. The van der Waals surface area contributed by atoms with Gasteiger partial charge >= 0.3 is 0 Å². The molecular weight excluding hydrogens is 212 g/mol. The van der Waals surface area contributed by atoms with E-state index in [-0.39, 0.29) is 5.91 Å². The van der Waals surface area contributed by atoms with Gasteiger partial charge in [0, 0.05) is 26.2 Å². The van der Waals surface area contributed by atoms with Gasteiger partial charge in [0.05, 0.1) is 6.42 Å². The summed E-state index contributed by atoms with van der Waals surface area (Å²) in [4.78, 5) is 16.3. The van der Waals surface area contributed by atoms with E-state index in [2.05, 4.69) is 31.0 Å². The van der Waals surface area contributed by atoms with Crippen LogP contribution in [0.5, 0.6) is 0 Å². The molecule has 0 N–H and O–H groups in total. The molecular formula is C14H20N2O. The van der Waals surface area contributed by atoms with Crippen LogP contribution in [-0.4, -0.2) is 48.9 Å². The summed E-state index contributed by atoms with van der Waals surface area (Å²) in [5.41, 5.74) is 2.34. The van der Waals surface area contributed by atoms with Crippen LogP contribution >= 0.6 is 0 Å². The third kappa shape index (κ3) is 3.30. The molecule has 0 saturated carbocycles. The molecule has 1 heterocycles. The lowest BCUT2D eigenvalue weighted by Crippen LogP contribution is -2.47. The Bertz CT molecular complexity index is 395. The van der Waals surface area contributed by atoms with Crippen molar-refractivity contribution in [1.82, 2.24) is 9.80 Å². The van der Waals surface area contributed by atoms with E-state index in [9.17, 15) is 4.79 Å². The molecule has 0 aromatic heterocycles. The highest BCUT2D eigenvalue weighted by atomic mass is 16.2. The molecule has 92 valence electrons. The van der Waals surface area contributed by atoms with E-state index in [1.165, 1.54) is 5.56 Å². The van der Waals surface area contributed by atoms with Crippen LogP contribution in [0, 0.1) is 6.92 Å². The van der Waals surface area contributed by atoms with Crippen molar-refractivity contribution in [3.05, 3.63) is 35.4 Å². The first-order valence-corrected chi connectivity index (χ1v) is 6.17. The molecule has 3 nitrogen and oxygen atoms in total. The molecule has 1 amide bonds. The van der Waals surface area contributed by atoms with Crippen molar-refractivity contribution >= 4 is 5.91 Å². The van der Waals surface area contributed by atoms with Crippen molar-refractivity contribution in [2.24, 2.45) is 0 Å². The smallest absolute Gasteiger partial charge is 0.227 e. The molecule has 1 aliphatic heterocycles. The van der Waals surface area contributed by atoms with Crippen LogP contribution in [0.3, 0.4) is 0 Å². The first-order chi connectivity index (χ1) is 8.15. The number of hydrogen-bond acceptors (Lipinski definition) is 2. The van der Waals surface area contributed by atoms with Crippen LogP contribution in [0.25, 0.3) is 0 Å². The highest BCUT2D eigenvalue weighted by molar-refractivity contribution is 5.78. The summed E-state index contributed by atoms with van der Waals surface area (Å²) in [6.45, 7) is 5.76. The third-order valence-electron chi connectivity index (χ3n) is 3.29. The molecule has 1 fully saturated rings. The van der Waals surface area contributed by atoms with Crippen molar-refractivity contribution in [2.45, 2.75) is 13.3 Å². The predicted molar refractivity (Wildman–Crippen MR) is 69.0 cm³/mol. The summed E-state index contributed by atoms with van der Waals surface area (Å²) in [6.07, 6.45) is 0.533. The zero-order valence-electron chi connectivity index (χ0n) is 10.6. The zero-order chi connectivity index (χ0) is 12.3. The van der Waals surface area contributed by atoms with Crippen molar-refractivity contribution in [3.8, 4) is 0 Å². The molecule has 0 unspecified atom stereocenters. The summed E-state index contributed by atoms with van der Waals surface area (Å²) in [5, 5.41) is 0. The summed E-state index contributed by atoms with van der Waals surface area (Å²) >= 11 is 0. The van der Waals surface area contributed by atoms with Crippen molar-refractivity contribution < 1.29 is 4.79 Å². The van der Waals surface area contributed by atoms with E-state index < -0.39 is 0 Å². The minimum Gasteiger partial charge on any atom is -0.340 e. The molecule has 0 spiro atoms. The standard InChI is InChI=1S/C14H20N2O/c1-12-4-3-5-13(10-12)11-14(17)16-8-6-15(2)7-9-16/h3-5,10H,6-9,11H2,1-2H3. The molecule has 1 aromatic carbocycles. The molecule has 0 bridgehead atoms. The number of nitrogens with zero attached hydrogens (tertiary/aromatic N) is 2. The average Bonchev–Trinajstić information content (AvgIpc) is 2.29. The van der Waals surface area contributed by atoms with Gasteiger partial charge in [0.1, 0.15) is 0 Å². The fourth-order valence-electron chi connectivity index (χ4n) is 2.16. The van der Waals surface area contributed by atoms with E-state index in [1.807, 2.05) is 17.0 Å². The molecule has 0 radical (unpaired) electrons. The number of amides is 1. The Morgan fingerprint density at radius 1 is 1.24 bits per heavy atom. The van der Waals surface area contributed by atoms with Gasteiger partial charge in [0.2, 0.25) is 5.91 Å². The Labute approximate surface area is 103 Å². The Morgan fingerprint density at radius 2 is 1.94 bits per heavy atom. The van der Waals surface area contributed by atoms with E-state index in [0.29, 0.717) is 6.42 Å². The average molecular weight is 232 g/mol. The topological polar surface area (TPSA) is 23.6 Å². The first kappa shape index (κ1) is 12.1. The maximum Gasteiger partial charge on any atom is 0.227 e. The van der Waals surface area contributed by atoms with Gasteiger partial charge in [-0.1, -0.05) is 29.8 Å². The second-order valence-electron chi connectivity index (χ2n) is 4.85. The van der Waals surface area contributed by atoms with E-state index in [1.54, 1.807) is 0 Å². The van der Waals surface area contributed by atoms with Gasteiger partial charge in [0.25, 0.3) is 0 Å². The van der Waals surface area contributed by atoms with Crippen molar-refractivity contribution in [3.63, 3.8) is 0 Å². The maximum absolute atomic E-state index is 12.1. The summed E-state index contributed by atoms with van der Waals surface area (Å²) in [7, 11) is 2.10. The van der Waals surface area contributed by atoms with Crippen LogP contribution in [0.4, 0.5) is 0 Å². The summed E-state index contributed by atoms with van der Waals surface area (Å²) < 4.78 is 0. The Morgan fingerprint density at radius 3 is 2.59 bits per heavy atom. The number of carbonyl (C=O) groups is 1. The highest BCUT2D eigenvalue weighted by Gasteiger charge is 2.18. The lowest BCUT2D eigenvalue weighted by atomic mass is 10.1. The van der Waals surface area contributed by atoms with Gasteiger partial charge in [-0.25, -0.2) is 0 Å². The van der Waals surface area contributed by atoms with Crippen molar-refractivity contribution in [2.75, 3.05) is 33.2 Å². The second kappa shape index (κ2) is 5.32. The number of benzene rings is 1. The monoisotopic (exact) mass is 232 g/mol. The van der Waals surface area contributed by atoms with Gasteiger partial charge in [0.15, 0.2) is 0 Å². The Hall–Kier alpha value is -1.35. The number of piperazine rings is 1. The SMILES string of the molecule is Cc1cccc(CC(=O)N2CCN(C)CC2)c1. The van der Waals surface area contributed by atoms with E-state index in [4.69, 9.17) is 0 Å². The zero-order valence-corrected chi connectivity index (χ0v) is 10.6. The number of likely N-dealkylation sites (N-methyl/N-ethyl adjacent to an activating group) is 1.